The zero-order valence-electron chi connectivity index (χ0n) is 18.1. The highest BCUT2D eigenvalue weighted by Crippen LogP contribution is 2.74. The molecule has 0 radical (unpaired) electrons. The summed E-state index contributed by atoms with van der Waals surface area (Å²) in [5.41, 5.74) is 1.07. The molecule has 0 heterocycles. The van der Waals surface area contributed by atoms with E-state index in [1.54, 1.807) is 0 Å². The molecule has 6 heteroatoms. The normalized spacial score (nSPS) is 28.1. The molecule has 1 aromatic rings. The van der Waals surface area contributed by atoms with Crippen molar-refractivity contribution in [2.45, 2.75) is 44.9 Å². The molecule has 4 rings (SSSR count). The van der Waals surface area contributed by atoms with Crippen LogP contribution < -0.4 is 10.6 Å². The van der Waals surface area contributed by atoms with Gasteiger partial charge in [0.1, 0.15) is 0 Å². The molecule has 5 nitrogen and oxygen atoms in total. The van der Waals surface area contributed by atoms with Gasteiger partial charge in [-0.2, -0.15) is 0 Å². The minimum absolute atomic E-state index is 0.0296. The fraction of sp³-hybridized carbons (Fsp3) is 0.667. The predicted octanol–water partition coefficient (Wildman–Crippen LogP) is 4.29. The van der Waals surface area contributed by atoms with Crippen LogP contribution in [-0.2, 0) is 9.59 Å². The van der Waals surface area contributed by atoms with Crippen molar-refractivity contribution in [3.05, 3.63) is 28.7 Å². The molecule has 4 atom stereocenters. The summed E-state index contributed by atoms with van der Waals surface area (Å²) in [5, 5.41) is 6.28. The first-order chi connectivity index (χ1) is 14.4. The number of anilines is 1. The van der Waals surface area contributed by atoms with Gasteiger partial charge >= 0.3 is 0 Å². The Morgan fingerprint density at radius 2 is 1.63 bits per heavy atom. The lowest BCUT2D eigenvalue weighted by atomic mass is 9.78. The van der Waals surface area contributed by atoms with E-state index in [0.717, 1.165) is 48.8 Å². The average Bonchev–Trinajstić information content (AvgIpc) is 3.38. The Bertz CT molecular complexity index is 775. The van der Waals surface area contributed by atoms with Crippen LogP contribution in [0.4, 0.5) is 5.69 Å². The third kappa shape index (κ3) is 4.31. The maximum absolute atomic E-state index is 13.3. The zero-order valence-corrected chi connectivity index (χ0v) is 19.7. The zero-order chi connectivity index (χ0) is 21.3. The lowest BCUT2D eigenvalue weighted by Gasteiger charge is -2.29. The summed E-state index contributed by atoms with van der Waals surface area (Å²) in [5.74, 6) is 0.539. The fourth-order valence-electron chi connectivity index (χ4n) is 6.18. The van der Waals surface area contributed by atoms with E-state index in [-0.39, 0.29) is 29.1 Å². The van der Waals surface area contributed by atoms with Crippen molar-refractivity contribution in [1.29, 1.82) is 0 Å². The monoisotopic (exact) mass is 475 g/mol. The van der Waals surface area contributed by atoms with Gasteiger partial charge in [0.05, 0.1) is 11.8 Å². The number of benzene rings is 1. The molecule has 2 N–H and O–H groups in total. The Morgan fingerprint density at radius 3 is 2.23 bits per heavy atom. The molecule has 3 aliphatic rings. The molecule has 164 valence electrons. The first-order valence-electron chi connectivity index (χ1n) is 11.4. The van der Waals surface area contributed by atoms with Crippen LogP contribution in [0.2, 0.25) is 0 Å². The number of nitrogens with one attached hydrogen (secondary N) is 2. The van der Waals surface area contributed by atoms with Crippen molar-refractivity contribution in [2.24, 2.45) is 29.1 Å². The Kier molecular flexibility index (Phi) is 6.54. The second-order valence-electron chi connectivity index (χ2n) is 9.73. The summed E-state index contributed by atoms with van der Waals surface area (Å²) in [7, 11) is 4.17. The van der Waals surface area contributed by atoms with Crippen LogP contribution in [0.1, 0.15) is 44.9 Å². The van der Waals surface area contributed by atoms with Gasteiger partial charge in [-0.05, 0) is 101 Å². The Balaban J connectivity index is 1.38. The molecule has 30 heavy (non-hydrogen) atoms. The van der Waals surface area contributed by atoms with Gasteiger partial charge in [-0.3, -0.25) is 9.59 Å². The third-order valence-electron chi connectivity index (χ3n) is 7.65. The lowest BCUT2D eigenvalue weighted by molar-refractivity contribution is -0.134. The molecule has 0 aliphatic heterocycles. The first kappa shape index (κ1) is 21.8. The Morgan fingerprint density at radius 1 is 1.00 bits per heavy atom. The van der Waals surface area contributed by atoms with Gasteiger partial charge in [0.2, 0.25) is 11.8 Å². The maximum atomic E-state index is 13.3. The predicted molar refractivity (Wildman–Crippen MR) is 123 cm³/mol. The standard InChI is InChI=1S/C24H34BrN3O2/c1-28(2)15-5-3-4-14-26-22(29)20-18-10-11-19(24(18)12-13-24)21(20)23(30)27-17-8-6-16(25)7-9-17/h6-9,18-21H,3-5,10-15H2,1-2H3,(H,26,29)(H,27,30)/t18-,19+,20-,21-/m1/s1. The van der Waals surface area contributed by atoms with E-state index in [0.29, 0.717) is 18.4 Å². The highest BCUT2D eigenvalue weighted by molar-refractivity contribution is 9.10. The van der Waals surface area contributed by atoms with E-state index in [1.807, 2.05) is 24.3 Å². The molecule has 2 amide bonds. The highest BCUT2D eigenvalue weighted by Gasteiger charge is 2.71. The summed E-state index contributed by atoms with van der Waals surface area (Å²) in [6.45, 7) is 1.80. The van der Waals surface area contributed by atoms with E-state index in [9.17, 15) is 9.59 Å². The van der Waals surface area contributed by atoms with E-state index in [4.69, 9.17) is 0 Å². The minimum atomic E-state index is -0.191. The van der Waals surface area contributed by atoms with E-state index >= 15 is 0 Å². The number of amides is 2. The molecule has 0 unspecified atom stereocenters. The summed E-state index contributed by atoms with van der Waals surface area (Å²) >= 11 is 3.43. The molecular formula is C24H34BrN3O2. The van der Waals surface area contributed by atoms with Crippen molar-refractivity contribution in [3.63, 3.8) is 0 Å². The topological polar surface area (TPSA) is 61.4 Å². The molecule has 3 aliphatic carbocycles. The number of carbonyl (C=O) groups is 2. The van der Waals surface area contributed by atoms with Gasteiger partial charge in [0.15, 0.2) is 0 Å². The second-order valence-corrected chi connectivity index (χ2v) is 10.6. The van der Waals surface area contributed by atoms with Gasteiger partial charge in [-0.15, -0.1) is 0 Å². The summed E-state index contributed by atoms with van der Waals surface area (Å²) in [6, 6.07) is 7.67. The van der Waals surface area contributed by atoms with Crippen molar-refractivity contribution < 1.29 is 9.59 Å². The molecule has 0 aromatic heterocycles. The van der Waals surface area contributed by atoms with Crippen LogP contribution in [0.15, 0.2) is 28.7 Å². The Hall–Kier alpha value is -1.40. The molecule has 1 spiro atoms. The number of carbonyl (C=O) groups excluding carboxylic acids is 2. The summed E-state index contributed by atoms with van der Waals surface area (Å²) < 4.78 is 0.986. The summed E-state index contributed by atoms with van der Waals surface area (Å²) in [6.07, 6.45) is 7.86. The van der Waals surface area contributed by atoms with Gasteiger partial charge in [0, 0.05) is 16.7 Å². The van der Waals surface area contributed by atoms with E-state index < -0.39 is 0 Å². The molecular weight excluding hydrogens is 442 g/mol. The average molecular weight is 476 g/mol. The quantitative estimate of drug-likeness (QED) is 0.523. The number of unbranched alkanes of at least 4 members (excludes halogenated alkanes) is 2. The number of halogens is 1. The van der Waals surface area contributed by atoms with Crippen LogP contribution in [-0.4, -0.2) is 43.9 Å². The van der Waals surface area contributed by atoms with Gasteiger partial charge in [-0.1, -0.05) is 22.4 Å². The summed E-state index contributed by atoms with van der Waals surface area (Å²) in [4.78, 5) is 28.7. The van der Waals surface area contributed by atoms with Crippen molar-refractivity contribution in [3.8, 4) is 0 Å². The number of hydrogen-bond donors (Lipinski definition) is 2. The smallest absolute Gasteiger partial charge is 0.228 e. The number of hydrogen-bond acceptors (Lipinski definition) is 3. The molecule has 3 saturated carbocycles. The lowest BCUT2D eigenvalue weighted by Crippen LogP contribution is -2.43. The van der Waals surface area contributed by atoms with E-state index in [1.165, 1.54) is 12.8 Å². The fourth-order valence-corrected chi connectivity index (χ4v) is 6.44. The SMILES string of the molecule is CN(C)CCCCCNC(=O)[C@H]1[C@H](C(=O)Nc2ccc(Br)cc2)[C@@H]2CC[C@H]1C21CC1. The molecule has 2 bridgehead atoms. The van der Waals surface area contributed by atoms with Crippen LogP contribution >= 0.6 is 15.9 Å². The van der Waals surface area contributed by atoms with Gasteiger partial charge < -0.3 is 15.5 Å². The van der Waals surface area contributed by atoms with Crippen molar-refractivity contribution in [2.75, 3.05) is 32.5 Å². The van der Waals surface area contributed by atoms with Crippen LogP contribution in [0.3, 0.4) is 0 Å². The van der Waals surface area contributed by atoms with Gasteiger partial charge in [-0.25, -0.2) is 0 Å². The van der Waals surface area contributed by atoms with E-state index in [2.05, 4.69) is 45.6 Å². The second kappa shape index (κ2) is 8.99. The molecule has 1 aromatic carbocycles. The van der Waals surface area contributed by atoms with Crippen LogP contribution in [0.25, 0.3) is 0 Å². The Labute approximate surface area is 188 Å². The third-order valence-corrected chi connectivity index (χ3v) is 8.17. The highest BCUT2D eigenvalue weighted by atomic mass is 79.9. The van der Waals surface area contributed by atoms with Crippen molar-refractivity contribution in [1.82, 2.24) is 10.2 Å². The number of nitrogens with zero attached hydrogens (tertiary/aromatic N) is 1. The van der Waals surface area contributed by atoms with Crippen molar-refractivity contribution >= 4 is 33.4 Å². The maximum Gasteiger partial charge on any atom is 0.228 e. The largest absolute Gasteiger partial charge is 0.356 e. The van der Waals surface area contributed by atoms with Crippen LogP contribution in [0, 0.1) is 29.1 Å². The molecule has 3 fully saturated rings. The molecule has 0 saturated heterocycles. The van der Waals surface area contributed by atoms with Crippen LogP contribution in [0.5, 0.6) is 0 Å². The number of rotatable bonds is 9. The minimum Gasteiger partial charge on any atom is -0.356 e. The first-order valence-corrected chi connectivity index (χ1v) is 12.2. The van der Waals surface area contributed by atoms with Gasteiger partial charge in [0.25, 0.3) is 0 Å².